The number of carbonyl (C=O) groups excluding carboxylic acids is 1. The molecule has 0 amide bonds. The van der Waals surface area contributed by atoms with Crippen molar-refractivity contribution in [3.63, 3.8) is 0 Å². The molecule has 1 unspecified atom stereocenters. The lowest BCUT2D eigenvalue weighted by Gasteiger charge is -2.18. The minimum Gasteiger partial charge on any atom is -0.424 e. The summed E-state index contributed by atoms with van der Waals surface area (Å²) < 4.78 is 5.06. The monoisotopic (exact) mass is 220 g/mol. The van der Waals surface area contributed by atoms with Crippen LogP contribution in [0.3, 0.4) is 0 Å². The van der Waals surface area contributed by atoms with Crippen LogP contribution >= 0.6 is 0 Å². The van der Waals surface area contributed by atoms with E-state index >= 15 is 0 Å². The molecule has 0 aromatic heterocycles. The molecule has 16 heavy (non-hydrogen) atoms. The Balaban J connectivity index is 2.23. The van der Waals surface area contributed by atoms with E-state index in [0.29, 0.717) is 17.7 Å². The lowest BCUT2D eigenvalue weighted by Crippen LogP contribution is -2.33. The summed E-state index contributed by atoms with van der Waals surface area (Å²) in [5, 5.41) is 10.4. The first-order chi connectivity index (χ1) is 7.68. The zero-order valence-electron chi connectivity index (χ0n) is 9.40. The number of aliphatic hydroxyl groups is 1. The zero-order chi connectivity index (χ0) is 11.6. The average Bonchev–Trinajstić information content (AvgIpc) is 2.53. The largest absolute Gasteiger partial charge is 0.424 e. The van der Waals surface area contributed by atoms with Crippen LogP contribution in [0.1, 0.15) is 38.2 Å². The molecule has 1 aromatic carbocycles. The first kappa shape index (κ1) is 11.1. The third-order valence-corrected chi connectivity index (χ3v) is 3.02. The topological polar surface area (TPSA) is 46.5 Å². The third kappa shape index (κ3) is 1.71. The minimum atomic E-state index is -1.42. The maximum Gasteiger partial charge on any atom is 0.348 e. The average molecular weight is 220 g/mol. The van der Waals surface area contributed by atoms with E-state index < -0.39 is 11.6 Å². The van der Waals surface area contributed by atoms with Gasteiger partial charge < -0.3 is 9.84 Å². The lowest BCUT2D eigenvalue weighted by atomic mass is 9.90. The van der Waals surface area contributed by atoms with Crippen molar-refractivity contribution < 1.29 is 14.6 Å². The van der Waals surface area contributed by atoms with Gasteiger partial charge in [-0.15, -0.1) is 0 Å². The van der Waals surface area contributed by atoms with Gasteiger partial charge in [0, 0.05) is 5.56 Å². The molecular weight excluding hydrogens is 204 g/mol. The molecule has 86 valence electrons. The van der Waals surface area contributed by atoms with E-state index in [2.05, 4.69) is 6.92 Å². The summed E-state index contributed by atoms with van der Waals surface area (Å²) in [5.74, 6) is -0.0451. The lowest BCUT2D eigenvalue weighted by molar-refractivity contribution is -0.152. The van der Waals surface area contributed by atoms with Crippen LogP contribution in [-0.4, -0.2) is 11.1 Å². The van der Waals surface area contributed by atoms with Crippen molar-refractivity contribution in [1.82, 2.24) is 0 Å². The summed E-state index contributed by atoms with van der Waals surface area (Å²) in [6.45, 7) is 2.09. The predicted octanol–water partition coefficient (Wildman–Crippen LogP) is 2.37. The normalized spacial score (nSPS) is 23.0. The third-order valence-electron chi connectivity index (χ3n) is 3.02. The molecule has 1 aromatic rings. The van der Waals surface area contributed by atoms with Gasteiger partial charge in [0.1, 0.15) is 5.75 Å². The van der Waals surface area contributed by atoms with Crippen molar-refractivity contribution >= 4 is 5.97 Å². The highest BCUT2D eigenvalue weighted by molar-refractivity contribution is 5.88. The summed E-state index contributed by atoms with van der Waals surface area (Å²) in [6, 6.07) is 7.08. The second kappa shape index (κ2) is 4.26. The summed E-state index contributed by atoms with van der Waals surface area (Å²) >= 11 is 0. The highest BCUT2D eigenvalue weighted by Gasteiger charge is 2.46. The highest BCUT2D eigenvalue weighted by Crippen LogP contribution is 2.40. The second-order valence-electron chi connectivity index (χ2n) is 4.20. The Morgan fingerprint density at radius 2 is 2.06 bits per heavy atom. The summed E-state index contributed by atoms with van der Waals surface area (Å²) in [5.41, 5.74) is -0.817. The van der Waals surface area contributed by atoms with Crippen LogP contribution in [0.5, 0.6) is 5.75 Å². The van der Waals surface area contributed by atoms with E-state index in [1.165, 1.54) is 0 Å². The van der Waals surface area contributed by atoms with Gasteiger partial charge in [-0.1, -0.05) is 38.0 Å². The number of rotatable bonds is 4. The van der Waals surface area contributed by atoms with Crippen molar-refractivity contribution in [1.29, 1.82) is 0 Å². The van der Waals surface area contributed by atoms with Gasteiger partial charge in [-0.2, -0.15) is 0 Å². The van der Waals surface area contributed by atoms with Gasteiger partial charge >= 0.3 is 5.97 Å². The van der Waals surface area contributed by atoms with Crippen LogP contribution in [0.25, 0.3) is 0 Å². The van der Waals surface area contributed by atoms with E-state index in [1.54, 1.807) is 18.2 Å². The number of carbonyl (C=O) groups is 1. The van der Waals surface area contributed by atoms with Crippen LogP contribution in [0.15, 0.2) is 24.3 Å². The van der Waals surface area contributed by atoms with E-state index in [-0.39, 0.29) is 0 Å². The fourth-order valence-electron chi connectivity index (χ4n) is 2.06. The van der Waals surface area contributed by atoms with Crippen LogP contribution < -0.4 is 4.74 Å². The number of hydrogen-bond donors (Lipinski definition) is 1. The fourth-order valence-corrected chi connectivity index (χ4v) is 2.06. The van der Waals surface area contributed by atoms with Crippen molar-refractivity contribution in [3.05, 3.63) is 29.8 Å². The Morgan fingerprint density at radius 3 is 2.81 bits per heavy atom. The van der Waals surface area contributed by atoms with Gasteiger partial charge in [0.2, 0.25) is 0 Å². The van der Waals surface area contributed by atoms with Gasteiger partial charge in [0.25, 0.3) is 0 Å². The summed E-state index contributed by atoms with van der Waals surface area (Å²) in [7, 11) is 0. The number of ether oxygens (including phenoxy) is 1. The molecule has 2 rings (SSSR count). The van der Waals surface area contributed by atoms with E-state index in [0.717, 1.165) is 19.3 Å². The Labute approximate surface area is 95.0 Å². The zero-order valence-corrected chi connectivity index (χ0v) is 9.40. The molecule has 0 spiro atoms. The quantitative estimate of drug-likeness (QED) is 0.481. The maximum atomic E-state index is 11.7. The molecule has 3 heteroatoms. The molecule has 3 nitrogen and oxygen atoms in total. The van der Waals surface area contributed by atoms with E-state index in [4.69, 9.17) is 4.74 Å². The van der Waals surface area contributed by atoms with Gasteiger partial charge in [-0.25, -0.2) is 4.79 Å². The van der Waals surface area contributed by atoms with Crippen LogP contribution in [0.4, 0.5) is 0 Å². The molecule has 0 saturated carbocycles. The van der Waals surface area contributed by atoms with E-state index in [9.17, 15) is 9.90 Å². The summed E-state index contributed by atoms with van der Waals surface area (Å²) in [6.07, 6.45) is 3.34. The second-order valence-corrected chi connectivity index (χ2v) is 4.20. The van der Waals surface area contributed by atoms with Gasteiger partial charge in [-0.05, 0) is 18.9 Å². The predicted molar refractivity (Wildman–Crippen MR) is 60.1 cm³/mol. The Morgan fingerprint density at radius 1 is 1.31 bits per heavy atom. The molecule has 1 atom stereocenters. The van der Waals surface area contributed by atoms with Crippen LogP contribution in [-0.2, 0) is 10.4 Å². The molecule has 1 heterocycles. The fraction of sp³-hybridized carbons (Fsp3) is 0.462. The molecule has 1 N–H and O–H groups in total. The minimum absolute atomic E-state index is 0.441. The smallest absolute Gasteiger partial charge is 0.348 e. The summed E-state index contributed by atoms with van der Waals surface area (Å²) in [4.78, 5) is 11.7. The number of esters is 1. The standard InChI is InChI=1S/C13H16O3/c1-2-3-6-9-13(15)10-7-4-5-8-11(10)16-12(13)14/h4-5,7-8,15H,2-3,6,9H2,1H3. The van der Waals surface area contributed by atoms with Crippen molar-refractivity contribution in [3.8, 4) is 5.75 Å². The number of para-hydroxylation sites is 1. The van der Waals surface area contributed by atoms with Crippen molar-refractivity contribution in [2.75, 3.05) is 0 Å². The molecule has 1 aliphatic heterocycles. The molecule has 0 radical (unpaired) electrons. The van der Waals surface area contributed by atoms with Gasteiger partial charge in [-0.3, -0.25) is 0 Å². The molecule has 1 aliphatic rings. The molecule has 0 fully saturated rings. The molecule has 0 saturated heterocycles. The Kier molecular flexibility index (Phi) is 2.97. The number of fused-ring (bicyclic) bond motifs is 1. The van der Waals surface area contributed by atoms with Crippen LogP contribution in [0.2, 0.25) is 0 Å². The number of hydrogen-bond acceptors (Lipinski definition) is 3. The first-order valence-electron chi connectivity index (χ1n) is 5.72. The molecular formula is C13H16O3. The maximum absolute atomic E-state index is 11.7. The molecule has 0 bridgehead atoms. The van der Waals surface area contributed by atoms with Gasteiger partial charge in [0.15, 0.2) is 5.60 Å². The van der Waals surface area contributed by atoms with Gasteiger partial charge in [0.05, 0.1) is 0 Å². The number of benzene rings is 1. The number of unbranched alkanes of at least 4 members (excludes halogenated alkanes) is 2. The first-order valence-corrected chi connectivity index (χ1v) is 5.72. The van der Waals surface area contributed by atoms with Crippen molar-refractivity contribution in [2.24, 2.45) is 0 Å². The highest BCUT2D eigenvalue weighted by atomic mass is 16.6. The van der Waals surface area contributed by atoms with Crippen molar-refractivity contribution in [2.45, 2.75) is 38.2 Å². The Hall–Kier alpha value is -1.35. The Bertz CT molecular complexity index is 400. The SMILES string of the molecule is CCCCCC1(O)C(=O)Oc2ccccc21. The van der Waals surface area contributed by atoms with Crippen LogP contribution in [0, 0.1) is 0 Å². The molecule has 0 aliphatic carbocycles. The van der Waals surface area contributed by atoms with E-state index in [1.807, 2.05) is 6.07 Å².